The second kappa shape index (κ2) is 6.72. The van der Waals surface area contributed by atoms with Crippen molar-refractivity contribution in [2.24, 2.45) is 0 Å². The highest BCUT2D eigenvalue weighted by Gasteiger charge is 2.15. The molecule has 0 aromatic carbocycles. The summed E-state index contributed by atoms with van der Waals surface area (Å²) < 4.78 is 7.35. The third-order valence-corrected chi connectivity index (χ3v) is 3.77. The fraction of sp³-hybridized carbons (Fsp3) is 0.500. The van der Waals surface area contributed by atoms with Crippen LogP contribution in [-0.4, -0.2) is 40.9 Å². The molecule has 3 heterocycles. The largest absolute Gasteiger partial charge is 0.378 e. The van der Waals surface area contributed by atoms with Gasteiger partial charge < -0.3 is 9.64 Å². The number of ether oxygens (including phenoxy) is 1. The molecule has 2 aromatic rings. The standard InChI is InChI=1S/C16H22N4O/c1-2-3-4-5-6-14-13-18-20-15(7-8-17-16(14)20)19-9-11-21-12-10-19/h5-8,13H,2-4,9-12H2,1H3/b6-5+. The van der Waals surface area contributed by atoms with Crippen LogP contribution in [0.5, 0.6) is 0 Å². The molecule has 0 atom stereocenters. The average molecular weight is 286 g/mol. The molecule has 0 spiro atoms. The lowest BCUT2D eigenvalue weighted by Crippen LogP contribution is -2.37. The third-order valence-electron chi connectivity index (χ3n) is 3.77. The number of aromatic nitrogens is 3. The molecular weight excluding hydrogens is 264 g/mol. The van der Waals surface area contributed by atoms with Gasteiger partial charge >= 0.3 is 0 Å². The van der Waals surface area contributed by atoms with Gasteiger partial charge in [-0.2, -0.15) is 9.61 Å². The molecule has 1 aliphatic rings. The first-order valence-electron chi connectivity index (χ1n) is 7.72. The molecular formula is C16H22N4O. The number of rotatable bonds is 5. The highest BCUT2D eigenvalue weighted by atomic mass is 16.5. The molecule has 0 saturated carbocycles. The summed E-state index contributed by atoms with van der Waals surface area (Å²) in [6.07, 6.45) is 11.7. The molecule has 0 radical (unpaired) electrons. The molecule has 3 rings (SSSR count). The van der Waals surface area contributed by atoms with Gasteiger partial charge in [-0.25, -0.2) is 4.98 Å². The first kappa shape index (κ1) is 14.1. The Bertz CT molecular complexity index is 614. The fourth-order valence-corrected chi connectivity index (χ4v) is 2.58. The van der Waals surface area contributed by atoms with Gasteiger partial charge in [-0.1, -0.05) is 31.9 Å². The maximum atomic E-state index is 5.42. The van der Waals surface area contributed by atoms with E-state index in [2.05, 4.69) is 34.1 Å². The van der Waals surface area contributed by atoms with E-state index in [4.69, 9.17) is 4.74 Å². The zero-order chi connectivity index (χ0) is 14.5. The summed E-state index contributed by atoms with van der Waals surface area (Å²) >= 11 is 0. The molecule has 5 heteroatoms. The van der Waals surface area contributed by atoms with Gasteiger partial charge in [0.1, 0.15) is 5.82 Å². The van der Waals surface area contributed by atoms with E-state index in [1.807, 2.05) is 23.0 Å². The van der Waals surface area contributed by atoms with Crippen molar-refractivity contribution < 1.29 is 4.74 Å². The maximum absolute atomic E-state index is 5.42. The summed E-state index contributed by atoms with van der Waals surface area (Å²) in [4.78, 5) is 6.79. The molecule has 0 bridgehead atoms. The molecule has 0 unspecified atom stereocenters. The molecule has 21 heavy (non-hydrogen) atoms. The summed E-state index contributed by atoms with van der Waals surface area (Å²) in [6.45, 7) is 5.56. The van der Waals surface area contributed by atoms with E-state index in [0.717, 1.165) is 49.8 Å². The Morgan fingerprint density at radius 3 is 3.00 bits per heavy atom. The number of unbranched alkanes of at least 4 members (excludes halogenated alkanes) is 2. The van der Waals surface area contributed by atoms with E-state index in [1.165, 1.54) is 12.8 Å². The highest BCUT2D eigenvalue weighted by Crippen LogP contribution is 2.19. The number of morpholine rings is 1. The Balaban J connectivity index is 1.87. The van der Waals surface area contributed by atoms with Crippen molar-refractivity contribution in [1.82, 2.24) is 14.6 Å². The summed E-state index contributed by atoms with van der Waals surface area (Å²) in [5, 5.41) is 4.51. The van der Waals surface area contributed by atoms with E-state index in [0.29, 0.717) is 0 Å². The van der Waals surface area contributed by atoms with Crippen molar-refractivity contribution in [3.05, 3.63) is 30.1 Å². The van der Waals surface area contributed by atoms with Gasteiger partial charge in [0.15, 0.2) is 5.65 Å². The van der Waals surface area contributed by atoms with E-state index in [9.17, 15) is 0 Å². The summed E-state index contributed by atoms with van der Waals surface area (Å²) in [6, 6.07) is 2.02. The lowest BCUT2D eigenvalue weighted by molar-refractivity contribution is 0.122. The van der Waals surface area contributed by atoms with E-state index < -0.39 is 0 Å². The molecule has 2 aromatic heterocycles. The zero-order valence-corrected chi connectivity index (χ0v) is 12.5. The van der Waals surface area contributed by atoms with Crippen LogP contribution in [-0.2, 0) is 4.74 Å². The summed E-state index contributed by atoms with van der Waals surface area (Å²) in [5.41, 5.74) is 2.01. The lowest BCUT2D eigenvalue weighted by Gasteiger charge is -2.28. The molecule has 0 amide bonds. The van der Waals surface area contributed by atoms with Crippen LogP contribution < -0.4 is 4.90 Å². The minimum atomic E-state index is 0.773. The van der Waals surface area contributed by atoms with Gasteiger partial charge in [-0.05, 0) is 12.5 Å². The Morgan fingerprint density at radius 1 is 1.33 bits per heavy atom. The van der Waals surface area contributed by atoms with Crippen LogP contribution in [0.25, 0.3) is 11.7 Å². The maximum Gasteiger partial charge on any atom is 0.164 e. The van der Waals surface area contributed by atoms with Gasteiger partial charge in [0, 0.05) is 24.8 Å². The van der Waals surface area contributed by atoms with Crippen LogP contribution in [0.15, 0.2) is 24.5 Å². The predicted molar refractivity (Wildman–Crippen MR) is 84.6 cm³/mol. The number of fused-ring (bicyclic) bond motifs is 1. The molecule has 112 valence electrons. The smallest absolute Gasteiger partial charge is 0.164 e. The first-order valence-corrected chi connectivity index (χ1v) is 7.72. The Kier molecular flexibility index (Phi) is 4.50. The number of hydrogen-bond acceptors (Lipinski definition) is 4. The van der Waals surface area contributed by atoms with Crippen molar-refractivity contribution in [1.29, 1.82) is 0 Å². The first-order chi connectivity index (χ1) is 10.4. The quantitative estimate of drug-likeness (QED) is 0.793. The molecule has 1 aliphatic heterocycles. The van der Waals surface area contributed by atoms with Crippen LogP contribution >= 0.6 is 0 Å². The average Bonchev–Trinajstić information content (AvgIpc) is 2.96. The van der Waals surface area contributed by atoms with Crippen LogP contribution in [0.4, 0.5) is 5.82 Å². The molecule has 0 aliphatic carbocycles. The van der Waals surface area contributed by atoms with Gasteiger partial charge in [0.25, 0.3) is 0 Å². The van der Waals surface area contributed by atoms with Gasteiger partial charge in [-0.3, -0.25) is 0 Å². The fourth-order valence-electron chi connectivity index (χ4n) is 2.58. The molecule has 5 nitrogen and oxygen atoms in total. The molecule has 1 saturated heterocycles. The Hall–Kier alpha value is -1.88. The number of hydrogen-bond donors (Lipinski definition) is 0. The topological polar surface area (TPSA) is 42.7 Å². The van der Waals surface area contributed by atoms with Crippen LogP contribution in [0.2, 0.25) is 0 Å². The molecule has 1 fully saturated rings. The second-order valence-electron chi connectivity index (χ2n) is 5.28. The Morgan fingerprint density at radius 2 is 2.19 bits per heavy atom. The van der Waals surface area contributed by atoms with Gasteiger partial charge in [0.2, 0.25) is 0 Å². The summed E-state index contributed by atoms with van der Waals surface area (Å²) in [7, 11) is 0. The van der Waals surface area contributed by atoms with Crippen molar-refractivity contribution in [3.8, 4) is 0 Å². The Labute approximate surface area is 125 Å². The SMILES string of the molecule is CCCC/C=C/c1cnn2c(N3CCOCC3)ccnc12. The highest BCUT2D eigenvalue weighted by molar-refractivity contribution is 5.66. The lowest BCUT2D eigenvalue weighted by atomic mass is 10.2. The molecule has 0 N–H and O–H groups in total. The number of anilines is 1. The summed E-state index contributed by atoms with van der Waals surface area (Å²) in [5.74, 6) is 1.09. The number of nitrogens with zero attached hydrogens (tertiary/aromatic N) is 4. The van der Waals surface area contributed by atoms with Crippen molar-refractivity contribution in [2.75, 3.05) is 31.2 Å². The van der Waals surface area contributed by atoms with Crippen LogP contribution in [0.3, 0.4) is 0 Å². The third kappa shape index (κ3) is 3.08. The zero-order valence-electron chi connectivity index (χ0n) is 12.5. The normalized spacial score (nSPS) is 16.1. The predicted octanol–water partition coefficient (Wildman–Crippen LogP) is 2.77. The van der Waals surface area contributed by atoms with Gasteiger partial charge in [0.05, 0.1) is 19.4 Å². The van der Waals surface area contributed by atoms with Gasteiger partial charge in [-0.15, -0.1) is 0 Å². The van der Waals surface area contributed by atoms with Crippen molar-refractivity contribution in [3.63, 3.8) is 0 Å². The monoisotopic (exact) mass is 286 g/mol. The van der Waals surface area contributed by atoms with E-state index in [-0.39, 0.29) is 0 Å². The van der Waals surface area contributed by atoms with Crippen LogP contribution in [0, 0.1) is 0 Å². The van der Waals surface area contributed by atoms with Crippen molar-refractivity contribution >= 4 is 17.5 Å². The number of allylic oxidation sites excluding steroid dienone is 1. The van der Waals surface area contributed by atoms with E-state index >= 15 is 0 Å². The van der Waals surface area contributed by atoms with Crippen LogP contribution in [0.1, 0.15) is 31.7 Å². The minimum Gasteiger partial charge on any atom is -0.378 e. The second-order valence-corrected chi connectivity index (χ2v) is 5.28. The van der Waals surface area contributed by atoms with E-state index in [1.54, 1.807) is 0 Å². The minimum absolute atomic E-state index is 0.773. The van der Waals surface area contributed by atoms with Crippen molar-refractivity contribution in [2.45, 2.75) is 26.2 Å².